The van der Waals surface area contributed by atoms with Crippen molar-refractivity contribution in [2.75, 3.05) is 37.4 Å². The zero-order chi connectivity index (χ0) is 28.0. The van der Waals surface area contributed by atoms with Crippen LogP contribution in [0, 0.1) is 0 Å². The summed E-state index contributed by atoms with van der Waals surface area (Å²) in [5.41, 5.74) is 1.84. The lowest BCUT2D eigenvalue weighted by molar-refractivity contribution is -0.139. The summed E-state index contributed by atoms with van der Waals surface area (Å²) in [5, 5.41) is 3.18. The van der Waals surface area contributed by atoms with Gasteiger partial charge in [0.1, 0.15) is 25.8 Å². The van der Waals surface area contributed by atoms with Crippen LogP contribution in [-0.2, 0) is 32.6 Å². The Balaban J connectivity index is 1.70. The molecule has 0 unspecified atom stereocenters. The largest absolute Gasteiger partial charge is 0.486 e. The molecule has 1 heterocycles. The molecule has 0 fully saturated rings. The van der Waals surface area contributed by atoms with Gasteiger partial charge in [0.2, 0.25) is 21.8 Å². The van der Waals surface area contributed by atoms with Gasteiger partial charge in [0.05, 0.1) is 11.9 Å². The number of sulfonamides is 1. The summed E-state index contributed by atoms with van der Waals surface area (Å²) in [7, 11) is -2.39. The Hall–Kier alpha value is -3.76. The van der Waals surface area contributed by atoms with Crippen LogP contribution in [-0.4, -0.2) is 64.2 Å². The summed E-state index contributed by atoms with van der Waals surface area (Å²) in [6, 6.07) is 20.1. The quantitative estimate of drug-likeness (QED) is 0.400. The zero-order valence-electron chi connectivity index (χ0n) is 21.7. The Kier molecular flexibility index (Phi) is 8.98. The molecule has 0 saturated carbocycles. The third kappa shape index (κ3) is 7.21. The van der Waals surface area contributed by atoms with Gasteiger partial charge in [-0.2, -0.15) is 0 Å². The maximum absolute atomic E-state index is 13.9. The SMILES string of the molecule is CNC(=O)[C@@H](Cc1ccccc1)N(Cc1ccc(Cl)cc1)C(=O)CN(c1ccc2c(c1)OCCO2)S(C)(=O)=O. The molecule has 1 N–H and O–H groups in total. The first-order valence-corrected chi connectivity index (χ1v) is 14.5. The molecule has 3 aromatic rings. The Morgan fingerprint density at radius 1 is 0.949 bits per heavy atom. The molecule has 4 rings (SSSR count). The van der Waals surface area contributed by atoms with Gasteiger partial charge in [0, 0.05) is 31.1 Å². The van der Waals surface area contributed by atoms with Crippen molar-refractivity contribution < 1.29 is 27.5 Å². The van der Waals surface area contributed by atoms with E-state index in [9.17, 15) is 18.0 Å². The molecule has 11 heteroatoms. The van der Waals surface area contributed by atoms with Gasteiger partial charge in [-0.05, 0) is 35.4 Å². The molecular weight excluding hydrogens is 542 g/mol. The number of benzene rings is 3. The first-order chi connectivity index (χ1) is 18.7. The van der Waals surface area contributed by atoms with Crippen molar-refractivity contribution in [3.8, 4) is 11.5 Å². The lowest BCUT2D eigenvalue weighted by atomic mass is 10.0. The van der Waals surface area contributed by atoms with Gasteiger partial charge < -0.3 is 19.7 Å². The Morgan fingerprint density at radius 3 is 2.26 bits per heavy atom. The van der Waals surface area contributed by atoms with Crippen LogP contribution in [0.15, 0.2) is 72.8 Å². The monoisotopic (exact) mass is 571 g/mol. The smallest absolute Gasteiger partial charge is 0.244 e. The molecule has 206 valence electrons. The maximum Gasteiger partial charge on any atom is 0.244 e. The van der Waals surface area contributed by atoms with E-state index < -0.39 is 28.5 Å². The summed E-state index contributed by atoms with van der Waals surface area (Å²) < 4.78 is 37.9. The number of rotatable bonds is 10. The minimum Gasteiger partial charge on any atom is -0.486 e. The molecular formula is C28H30ClN3O6S. The molecule has 0 spiro atoms. The van der Waals surface area contributed by atoms with E-state index >= 15 is 0 Å². The number of carbonyl (C=O) groups is 2. The fourth-order valence-electron chi connectivity index (χ4n) is 4.31. The van der Waals surface area contributed by atoms with E-state index in [1.54, 1.807) is 36.4 Å². The number of anilines is 1. The summed E-state index contributed by atoms with van der Waals surface area (Å²) in [5.74, 6) is -0.0249. The molecule has 0 bridgehead atoms. The van der Waals surface area contributed by atoms with E-state index in [1.807, 2.05) is 30.3 Å². The highest BCUT2D eigenvalue weighted by Crippen LogP contribution is 2.34. The highest BCUT2D eigenvalue weighted by atomic mass is 35.5. The molecule has 0 radical (unpaired) electrons. The normalized spacial score (nSPS) is 13.3. The van der Waals surface area contributed by atoms with Gasteiger partial charge in [0.25, 0.3) is 0 Å². The van der Waals surface area contributed by atoms with Crippen molar-refractivity contribution in [2.45, 2.75) is 19.0 Å². The van der Waals surface area contributed by atoms with Crippen LogP contribution in [0.5, 0.6) is 11.5 Å². The second kappa shape index (κ2) is 12.4. The molecule has 0 aromatic heterocycles. The maximum atomic E-state index is 13.9. The summed E-state index contributed by atoms with van der Waals surface area (Å²) >= 11 is 6.05. The number of amides is 2. The lowest BCUT2D eigenvalue weighted by Crippen LogP contribution is -2.52. The zero-order valence-corrected chi connectivity index (χ0v) is 23.2. The van der Waals surface area contributed by atoms with E-state index in [0.717, 1.165) is 21.7 Å². The molecule has 2 amide bonds. The van der Waals surface area contributed by atoms with Crippen molar-refractivity contribution in [1.29, 1.82) is 0 Å². The van der Waals surface area contributed by atoms with E-state index in [1.165, 1.54) is 18.0 Å². The number of hydrogen-bond acceptors (Lipinski definition) is 6. The van der Waals surface area contributed by atoms with Crippen molar-refractivity contribution in [3.63, 3.8) is 0 Å². The minimum absolute atomic E-state index is 0.0691. The number of carbonyl (C=O) groups excluding carboxylic acids is 2. The lowest BCUT2D eigenvalue weighted by Gasteiger charge is -2.33. The first-order valence-electron chi connectivity index (χ1n) is 12.3. The van der Waals surface area contributed by atoms with E-state index in [0.29, 0.717) is 29.7 Å². The molecule has 39 heavy (non-hydrogen) atoms. The van der Waals surface area contributed by atoms with Crippen molar-refractivity contribution in [1.82, 2.24) is 10.2 Å². The second-order valence-electron chi connectivity index (χ2n) is 9.07. The van der Waals surface area contributed by atoms with Gasteiger partial charge in [-0.3, -0.25) is 13.9 Å². The number of ether oxygens (including phenoxy) is 2. The number of nitrogens with one attached hydrogen (secondary N) is 1. The summed E-state index contributed by atoms with van der Waals surface area (Å²) in [6.45, 7) is 0.271. The first kappa shape index (κ1) is 28.3. The number of likely N-dealkylation sites (N-methyl/N-ethyl adjacent to an activating group) is 1. The highest BCUT2D eigenvalue weighted by Gasteiger charge is 2.33. The van der Waals surface area contributed by atoms with Gasteiger partial charge in [-0.25, -0.2) is 8.42 Å². The van der Waals surface area contributed by atoms with Crippen LogP contribution >= 0.6 is 11.6 Å². The number of halogens is 1. The van der Waals surface area contributed by atoms with Crippen molar-refractivity contribution >= 4 is 39.1 Å². The van der Waals surface area contributed by atoms with Crippen LogP contribution in [0.4, 0.5) is 5.69 Å². The third-order valence-electron chi connectivity index (χ3n) is 6.28. The predicted octanol–water partition coefficient (Wildman–Crippen LogP) is 3.26. The van der Waals surface area contributed by atoms with Gasteiger partial charge in [0.15, 0.2) is 11.5 Å². The van der Waals surface area contributed by atoms with Crippen LogP contribution in [0.3, 0.4) is 0 Å². The molecule has 3 aromatic carbocycles. The van der Waals surface area contributed by atoms with Crippen LogP contribution < -0.4 is 19.1 Å². The molecule has 0 saturated heterocycles. The van der Waals surface area contributed by atoms with E-state index in [2.05, 4.69) is 5.32 Å². The number of fused-ring (bicyclic) bond motifs is 1. The third-order valence-corrected chi connectivity index (χ3v) is 7.67. The van der Waals surface area contributed by atoms with E-state index in [-0.39, 0.29) is 24.6 Å². The van der Waals surface area contributed by atoms with Crippen molar-refractivity contribution in [3.05, 3.63) is 88.9 Å². The van der Waals surface area contributed by atoms with Gasteiger partial charge >= 0.3 is 0 Å². The molecule has 1 aliphatic rings. The van der Waals surface area contributed by atoms with Crippen molar-refractivity contribution in [2.24, 2.45) is 0 Å². The van der Waals surface area contributed by atoms with E-state index in [4.69, 9.17) is 21.1 Å². The molecule has 0 aliphatic carbocycles. The Labute approximate surface area is 233 Å². The van der Waals surface area contributed by atoms with Gasteiger partial charge in [-0.15, -0.1) is 0 Å². The fourth-order valence-corrected chi connectivity index (χ4v) is 5.28. The molecule has 1 atom stereocenters. The van der Waals surface area contributed by atoms with Gasteiger partial charge in [-0.1, -0.05) is 54.1 Å². The topological polar surface area (TPSA) is 105 Å². The number of hydrogen-bond donors (Lipinski definition) is 1. The van der Waals surface area contributed by atoms with Crippen LogP contribution in [0.1, 0.15) is 11.1 Å². The average Bonchev–Trinajstić information content (AvgIpc) is 2.93. The Morgan fingerprint density at radius 2 is 1.62 bits per heavy atom. The summed E-state index contributed by atoms with van der Waals surface area (Å²) in [4.78, 5) is 28.5. The summed E-state index contributed by atoms with van der Waals surface area (Å²) in [6.07, 6.45) is 1.27. The standard InChI is InChI=1S/C28H30ClN3O6S/c1-30-28(34)24(16-20-6-4-3-5-7-20)31(18-21-8-10-22(29)11-9-21)27(33)19-32(39(2,35)36)23-12-13-25-26(17-23)38-15-14-37-25/h3-13,17,24H,14-16,18-19H2,1-2H3,(H,30,34)/t24-/m1/s1. The number of nitrogens with zero attached hydrogens (tertiary/aromatic N) is 2. The second-order valence-corrected chi connectivity index (χ2v) is 11.4. The van der Waals surface area contributed by atoms with Crippen LogP contribution in [0.2, 0.25) is 5.02 Å². The molecule has 9 nitrogen and oxygen atoms in total. The highest BCUT2D eigenvalue weighted by molar-refractivity contribution is 7.92. The Bertz CT molecular complexity index is 1420. The fraction of sp³-hybridized carbons (Fsp3) is 0.286. The minimum atomic E-state index is -3.89. The predicted molar refractivity (Wildman–Crippen MR) is 150 cm³/mol. The molecule has 1 aliphatic heterocycles. The van der Waals surface area contributed by atoms with Crippen LogP contribution in [0.25, 0.3) is 0 Å². The average molecular weight is 572 g/mol.